The molecule has 1 saturated carbocycles. The maximum absolute atomic E-state index is 11.5. The number of ether oxygens (including phenoxy) is 1. The number of carbonyl (C=O) groups excluding carboxylic acids is 1. The quantitative estimate of drug-likeness (QED) is 0.763. The molecule has 0 heterocycles. The molecule has 0 aromatic carbocycles. The van der Waals surface area contributed by atoms with E-state index in [1.807, 2.05) is 0 Å². The Morgan fingerprint density at radius 1 is 1.40 bits per heavy atom. The van der Waals surface area contributed by atoms with E-state index in [0.29, 0.717) is 12.1 Å². The van der Waals surface area contributed by atoms with Gasteiger partial charge in [0.2, 0.25) is 5.91 Å². The third kappa shape index (κ3) is 4.82. The number of nitrogens with two attached hydrogens (primary N) is 1. The molecule has 4 nitrogen and oxygen atoms in total. The molecule has 1 aliphatic rings. The normalized spacial score (nSPS) is 27.7. The zero-order valence-electron chi connectivity index (χ0n) is 9.36. The Kier molecular flexibility index (Phi) is 6.89. The van der Waals surface area contributed by atoms with Crippen molar-refractivity contribution in [3.05, 3.63) is 0 Å². The summed E-state index contributed by atoms with van der Waals surface area (Å²) in [6.45, 7) is 1.75. The molecule has 15 heavy (non-hydrogen) atoms. The van der Waals surface area contributed by atoms with Crippen molar-refractivity contribution in [3.63, 3.8) is 0 Å². The highest BCUT2D eigenvalue weighted by molar-refractivity contribution is 5.85. The molecule has 0 aliphatic heterocycles. The molecule has 1 rings (SSSR count). The first-order valence-corrected chi connectivity index (χ1v) is 5.22. The molecular weight excluding hydrogens is 216 g/mol. The summed E-state index contributed by atoms with van der Waals surface area (Å²) in [7, 11) is 1.54. The lowest BCUT2D eigenvalue weighted by molar-refractivity contribution is -0.131. The van der Waals surface area contributed by atoms with Gasteiger partial charge in [-0.1, -0.05) is 0 Å². The standard InChI is InChI=1S/C10H20N2O2.ClH/c1-7(14-2)10(13)12-9-5-3-8(11)4-6-9;/h7-9H,3-6,11H2,1-2H3,(H,12,13);1H. The van der Waals surface area contributed by atoms with E-state index in [1.165, 1.54) is 0 Å². The third-order valence-electron chi connectivity index (χ3n) is 2.84. The Hall–Kier alpha value is -0.320. The van der Waals surface area contributed by atoms with Crippen molar-refractivity contribution in [2.75, 3.05) is 7.11 Å². The van der Waals surface area contributed by atoms with Crippen LogP contribution in [0.1, 0.15) is 32.6 Å². The number of amides is 1. The molecule has 1 atom stereocenters. The second kappa shape index (κ2) is 7.04. The van der Waals surface area contributed by atoms with Crippen molar-refractivity contribution in [2.45, 2.75) is 50.8 Å². The van der Waals surface area contributed by atoms with Gasteiger partial charge >= 0.3 is 0 Å². The predicted octanol–water partition coefficient (Wildman–Crippen LogP) is 0.829. The van der Waals surface area contributed by atoms with Crippen LogP contribution in [0.25, 0.3) is 0 Å². The minimum absolute atomic E-state index is 0. The molecular formula is C10H21ClN2O2. The van der Waals surface area contributed by atoms with Crippen LogP contribution in [0.5, 0.6) is 0 Å². The van der Waals surface area contributed by atoms with Crippen molar-refractivity contribution < 1.29 is 9.53 Å². The number of nitrogens with one attached hydrogen (secondary N) is 1. The molecule has 0 bridgehead atoms. The SMILES string of the molecule is COC(C)C(=O)NC1CCC(N)CC1.Cl. The maximum Gasteiger partial charge on any atom is 0.249 e. The summed E-state index contributed by atoms with van der Waals surface area (Å²) in [4.78, 5) is 11.5. The highest BCUT2D eigenvalue weighted by Crippen LogP contribution is 2.16. The van der Waals surface area contributed by atoms with Crippen molar-refractivity contribution in [2.24, 2.45) is 5.73 Å². The summed E-state index contributed by atoms with van der Waals surface area (Å²) in [5.74, 6) is -0.0204. The van der Waals surface area contributed by atoms with Gasteiger partial charge in [-0.2, -0.15) is 0 Å². The minimum Gasteiger partial charge on any atom is -0.372 e. The molecule has 1 aliphatic carbocycles. The lowest BCUT2D eigenvalue weighted by atomic mass is 9.92. The average Bonchev–Trinajstić information content (AvgIpc) is 2.20. The monoisotopic (exact) mass is 236 g/mol. The van der Waals surface area contributed by atoms with Gasteiger partial charge in [-0.3, -0.25) is 4.79 Å². The van der Waals surface area contributed by atoms with Crippen LogP contribution in [0.15, 0.2) is 0 Å². The van der Waals surface area contributed by atoms with E-state index in [0.717, 1.165) is 25.7 Å². The lowest BCUT2D eigenvalue weighted by Crippen LogP contribution is -2.44. The first-order valence-electron chi connectivity index (χ1n) is 5.22. The van der Waals surface area contributed by atoms with E-state index in [-0.39, 0.29) is 24.4 Å². The van der Waals surface area contributed by atoms with E-state index in [2.05, 4.69) is 5.32 Å². The summed E-state index contributed by atoms with van der Waals surface area (Å²) in [5.41, 5.74) is 5.78. The first-order chi connectivity index (χ1) is 6.63. The van der Waals surface area contributed by atoms with Crippen LogP contribution in [0.3, 0.4) is 0 Å². The predicted molar refractivity (Wildman–Crippen MR) is 62.1 cm³/mol. The van der Waals surface area contributed by atoms with Gasteiger partial charge in [0.1, 0.15) is 6.10 Å². The maximum atomic E-state index is 11.5. The second-order valence-corrected chi connectivity index (χ2v) is 4.00. The average molecular weight is 237 g/mol. The minimum atomic E-state index is -0.356. The summed E-state index contributed by atoms with van der Waals surface area (Å²) in [6, 6.07) is 0.614. The van der Waals surface area contributed by atoms with Gasteiger partial charge in [-0.25, -0.2) is 0 Å². The Morgan fingerprint density at radius 2 is 1.93 bits per heavy atom. The zero-order valence-corrected chi connectivity index (χ0v) is 10.2. The van der Waals surface area contributed by atoms with Gasteiger partial charge in [0, 0.05) is 19.2 Å². The van der Waals surface area contributed by atoms with Crippen LogP contribution < -0.4 is 11.1 Å². The molecule has 0 saturated heterocycles. The topological polar surface area (TPSA) is 64.3 Å². The molecule has 0 aromatic rings. The number of hydrogen-bond acceptors (Lipinski definition) is 3. The fourth-order valence-electron chi connectivity index (χ4n) is 1.69. The van der Waals surface area contributed by atoms with Crippen molar-refractivity contribution in [1.82, 2.24) is 5.32 Å². The first kappa shape index (κ1) is 14.7. The molecule has 0 aromatic heterocycles. The zero-order chi connectivity index (χ0) is 10.6. The van der Waals surface area contributed by atoms with Crippen molar-refractivity contribution in [1.29, 1.82) is 0 Å². The van der Waals surface area contributed by atoms with Gasteiger partial charge in [0.15, 0.2) is 0 Å². The number of hydrogen-bond donors (Lipinski definition) is 2. The van der Waals surface area contributed by atoms with Gasteiger partial charge in [-0.05, 0) is 32.6 Å². The van der Waals surface area contributed by atoms with Gasteiger partial charge in [-0.15, -0.1) is 12.4 Å². The summed E-state index contributed by atoms with van der Waals surface area (Å²) in [6.07, 6.45) is 3.64. The number of halogens is 1. The van der Waals surface area contributed by atoms with Gasteiger partial charge in [0.05, 0.1) is 0 Å². The van der Waals surface area contributed by atoms with Gasteiger partial charge in [0.25, 0.3) is 0 Å². The molecule has 1 unspecified atom stereocenters. The largest absolute Gasteiger partial charge is 0.372 e. The highest BCUT2D eigenvalue weighted by Gasteiger charge is 2.21. The van der Waals surface area contributed by atoms with Crippen LogP contribution >= 0.6 is 12.4 Å². The van der Waals surface area contributed by atoms with E-state index >= 15 is 0 Å². The van der Waals surface area contributed by atoms with Crippen LogP contribution in [-0.2, 0) is 9.53 Å². The Morgan fingerprint density at radius 3 is 2.40 bits per heavy atom. The van der Waals surface area contributed by atoms with Crippen LogP contribution in [-0.4, -0.2) is 31.2 Å². The number of methoxy groups -OCH3 is 1. The molecule has 0 radical (unpaired) electrons. The molecule has 90 valence electrons. The fourth-order valence-corrected chi connectivity index (χ4v) is 1.69. The van der Waals surface area contributed by atoms with Crippen molar-refractivity contribution in [3.8, 4) is 0 Å². The molecule has 0 spiro atoms. The van der Waals surface area contributed by atoms with E-state index < -0.39 is 0 Å². The molecule has 1 fully saturated rings. The van der Waals surface area contributed by atoms with Crippen LogP contribution in [0.2, 0.25) is 0 Å². The molecule has 5 heteroatoms. The van der Waals surface area contributed by atoms with Gasteiger partial charge < -0.3 is 15.8 Å². The van der Waals surface area contributed by atoms with Crippen LogP contribution in [0, 0.1) is 0 Å². The smallest absolute Gasteiger partial charge is 0.249 e. The van der Waals surface area contributed by atoms with E-state index in [9.17, 15) is 4.79 Å². The Bertz CT molecular complexity index is 194. The highest BCUT2D eigenvalue weighted by atomic mass is 35.5. The third-order valence-corrected chi connectivity index (χ3v) is 2.84. The van der Waals surface area contributed by atoms with E-state index in [1.54, 1.807) is 14.0 Å². The Labute approximate surface area is 97.3 Å². The Balaban J connectivity index is 0.00000196. The van der Waals surface area contributed by atoms with E-state index in [4.69, 9.17) is 10.5 Å². The summed E-state index contributed by atoms with van der Waals surface area (Å²) in [5, 5.41) is 2.97. The fraction of sp³-hybridized carbons (Fsp3) is 0.900. The lowest BCUT2D eigenvalue weighted by Gasteiger charge is -2.27. The molecule has 3 N–H and O–H groups in total. The summed E-state index contributed by atoms with van der Waals surface area (Å²) >= 11 is 0. The summed E-state index contributed by atoms with van der Waals surface area (Å²) < 4.78 is 4.94. The number of carbonyl (C=O) groups is 1. The number of rotatable bonds is 3. The second-order valence-electron chi connectivity index (χ2n) is 4.00. The molecule has 1 amide bonds. The van der Waals surface area contributed by atoms with Crippen LogP contribution in [0.4, 0.5) is 0 Å². The van der Waals surface area contributed by atoms with Crippen molar-refractivity contribution >= 4 is 18.3 Å².